The fourth-order valence-electron chi connectivity index (χ4n) is 1.90. The Bertz CT molecular complexity index is 252. The molecule has 0 radical (unpaired) electrons. The molecular formula is C14H24O3. The highest BCUT2D eigenvalue weighted by atomic mass is 16.7. The van der Waals surface area contributed by atoms with Crippen molar-refractivity contribution in [1.82, 2.24) is 0 Å². The zero-order chi connectivity index (χ0) is 12.6. The fraction of sp³-hybridized carbons (Fsp3) is 0.786. The molecule has 0 saturated carbocycles. The molecule has 3 nitrogen and oxygen atoms in total. The molecule has 0 amide bonds. The van der Waals surface area contributed by atoms with Crippen molar-refractivity contribution in [3.8, 4) is 0 Å². The van der Waals surface area contributed by atoms with Gasteiger partial charge in [-0.05, 0) is 33.1 Å². The lowest BCUT2D eigenvalue weighted by Crippen LogP contribution is -2.24. The summed E-state index contributed by atoms with van der Waals surface area (Å²) >= 11 is 0. The van der Waals surface area contributed by atoms with Crippen LogP contribution < -0.4 is 0 Å². The maximum atomic E-state index is 10.7. The summed E-state index contributed by atoms with van der Waals surface area (Å²) < 4.78 is 11.0. The Balaban J connectivity index is 1.97. The summed E-state index contributed by atoms with van der Waals surface area (Å²) in [6.45, 7) is 5.05. The minimum absolute atomic E-state index is 0.295. The number of hydrogen-bond acceptors (Lipinski definition) is 3. The van der Waals surface area contributed by atoms with Gasteiger partial charge in [-0.1, -0.05) is 18.6 Å². The lowest BCUT2D eigenvalue weighted by molar-refractivity contribution is -0.138. The van der Waals surface area contributed by atoms with Crippen molar-refractivity contribution >= 4 is 5.78 Å². The quantitative estimate of drug-likeness (QED) is 0.482. The van der Waals surface area contributed by atoms with Crippen LogP contribution in [0, 0.1) is 0 Å². The average Bonchev–Trinajstić information content (AvgIpc) is 2.69. The second kappa shape index (κ2) is 7.62. The Morgan fingerprint density at radius 2 is 1.88 bits per heavy atom. The van der Waals surface area contributed by atoms with E-state index < -0.39 is 5.79 Å². The summed E-state index contributed by atoms with van der Waals surface area (Å²) in [6, 6.07) is 0. The minimum atomic E-state index is -0.398. The van der Waals surface area contributed by atoms with E-state index in [1.54, 1.807) is 6.92 Å². The molecule has 0 spiro atoms. The van der Waals surface area contributed by atoms with Crippen molar-refractivity contribution in [3.63, 3.8) is 0 Å². The van der Waals surface area contributed by atoms with E-state index in [1.807, 2.05) is 6.92 Å². The highest BCUT2D eigenvalue weighted by Gasteiger charge is 2.28. The van der Waals surface area contributed by atoms with Crippen LogP contribution in [0.1, 0.15) is 52.4 Å². The molecule has 3 heteroatoms. The molecule has 0 aromatic carbocycles. The van der Waals surface area contributed by atoms with E-state index in [9.17, 15) is 4.79 Å². The predicted octanol–water partition coefficient (Wildman–Crippen LogP) is 3.24. The van der Waals surface area contributed by atoms with Gasteiger partial charge in [0.15, 0.2) is 5.79 Å². The third-order valence-electron chi connectivity index (χ3n) is 2.95. The molecule has 0 N–H and O–H groups in total. The van der Waals surface area contributed by atoms with Crippen LogP contribution in [0.15, 0.2) is 12.2 Å². The van der Waals surface area contributed by atoms with E-state index >= 15 is 0 Å². The van der Waals surface area contributed by atoms with Crippen LogP contribution in [0.4, 0.5) is 0 Å². The lowest BCUT2D eigenvalue weighted by Gasteiger charge is -2.19. The number of ether oxygens (including phenoxy) is 2. The molecule has 1 fully saturated rings. The molecule has 1 saturated heterocycles. The summed E-state index contributed by atoms with van der Waals surface area (Å²) in [5.41, 5.74) is 0. The number of carbonyl (C=O) groups excluding carboxylic acids is 1. The number of hydrogen-bond donors (Lipinski definition) is 0. The predicted molar refractivity (Wildman–Crippen MR) is 67.8 cm³/mol. The van der Waals surface area contributed by atoms with Crippen molar-refractivity contribution in [1.29, 1.82) is 0 Å². The number of ketones is 1. The summed E-state index contributed by atoms with van der Waals surface area (Å²) in [7, 11) is 0. The standard InChI is InChI=1S/C14H24O3/c1-13(15)9-7-5-3-4-6-8-10-14(2)16-11-12-17-14/h6,8H,3-5,7,9-12H2,1-2H3. The van der Waals surface area contributed by atoms with Gasteiger partial charge in [-0.15, -0.1) is 0 Å². The second-order valence-electron chi connectivity index (χ2n) is 4.81. The third-order valence-corrected chi connectivity index (χ3v) is 2.95. The Kier molecular flexibility index (Phi) is 6.45. The first kappa shape index (κ1) is 14.4. The molecule has 1 heterocycles. The van der Waals surface area contributed by atoms with E-state index in [0.29, 0.717) is 19.0 Å². The van der Waals surface area contributed by atoms with Crippen LogP contribution in [0.3, 0.4) is 0 Å². The van der Waals surface area contributed by atoms with Gasteiger partial charge >= 0.3 is 0 Å². The van der Waals surface area contributed by atoms with E-state index in [2.05, 4.69) is 12.2 Å². The Morgan fingerprint density at radius 1 is 1.18 bits per heavy atom. The van der Waals surface area contributed by atoms with Gasteiger partial charge in [0.2, 0.25) is 0 Å². The fourth-order valence-corrected chi connectivity index (χ4v) is 1.90. The molecule has 0 bridgehead atoms. The van der Waals surface area contributed by atoms with Crippen molar-refractivity contribution in [3.05, 3.63) is 12.2 Å². The smallest absolute Gasteiger partial charge is 0.169 e. The number of allylic oxidation sites excluding steroid dienone is 1. The molecule has 0 unspecified atom stereocenters. The van der Waals surface area contributed by atoms with E-state index in [1.165, 1.54) is 0 Å². The van der Waals surface area contributed by atoms with Crippen LogP contribution in [-0.2, 0) is 14.3 Å². The molecule has 0 aromatic heterocycles. The van der Waals surface area contributed by atoms with Crippen LogP contribution in [0.2, 0.25) is 0 Å². The summed E-state index contributed by atoms with van der Waals surface area (Å²) in [5.74, 6) is -0.102. The molecule has 1 aliphatic rings. The van der Waals surface area contributed by atoms with Crippen LogP contribution in [0.25, 0.3) is 0 Å². The summed E-state index contributed by atoms with van der Waals surface area (Å²) in [6.07, 6.45) is 10.3. The zero-order valence-corrected chi connectivity index (χ0v) is 11.0. The van der Waals surface area contributed by atoms with Gasteiger partial charge in [0.05, 0.1) is 13.2 Å². The largest absolute Gasteiger partial charge is 0.348 e. The molecule has 0 aromatic rings. The first-order chi connectivity index (χ1) is 8.12. The zero-order valence-electron chi connectivity index (χ0n) is 11.0. The maximum absolute atomic E-state index is 10.7. The number of carbonyl (C=O) groups is 1. The number of rotatable bonds is 8. The molecule has 17 heavy (non-hydrogen) atoms. The SMILES string of the molecule is CC(=O)CCCCCC=CCC1(C)OCCO1. The molecule has 0 aliphatic carbocycles. The molecule has 0 atom stereocenters. The van der Waals surface area contributed by atoms with E-state index in [-0.39, 0.29) is 0 Å². The van der Waals surface area contributed by atoms with Crippen molar-refractivity contribution < 1.29 is 14.3 Å². The number of unbranched alkanes of at least 4 members (excludes halogenated alkanes) is 3. The Labute approximate surface area is 104 Å². The van der Waals surface area contributed by atoms with Gasteiger partial charge in [-0.25, -0.2) is 0 Å². The van der Waals surface area contributed by atoms with Gasteiger partial charge in [0.1, 0.15) is 5.78 Å². The van der Waals surface area contributed by atoms with Gasteiger partial charge in [0.25, 0.3) is 0 Å². The van der Waals surface area contributed by atoms with Gasteiger partial charge in [0, 0.05) is 12.8 Å². The lowest BCUT2D eigenvalue weighted by atomic mass is 10.1. The molecular weight excluding hydrogens is 216 g/mol. The summed E-state index contributed by atoms with van der Waals surface area (Å²) in [4.78, 5) is 10.7. The van der Waals surface area contributed by atoms with E-state index in [0.717, 1.165) is 38.5 Å². The normalized spacial score (nSPS) is 18.9. The van der Waals surface area contributed by atoms with Crippen LogP contribution in [-0.4, -0.2) is 24.8 Å². The monoisotopic (exact) mass is 240 g/mol. The third kappa shape index (κ3) is 6.59. The topological polar surface area (TPSA) is 35.5 Å². The van der Waals surface area contributed by atoms with Crippen LogP contribution in [0.5, 0.6) is 0 Å². The second-order valence-corrected chi connectivity index (χ2v) is 4.81. The number of Topliss-reactive ketones (excluding diaryl/α,β-unsaturated/α-hetero) is 1. The van der Waals surface area contributed by atoms with Gasteiger partial charge < -0.3 is 14.3 Å². The highest BCUT2D eigenvalue weighted by molar-refractivity contribution is 5.75. The van der Waals surface area contributed by atoms with Crippen molar-refractivity contribution in [2.45, 2.75) is 58.2 Å². The first-order valence-electron chi connectivity index (χ1n) is 6.55. The average molecular weight is 240 g/mol. The van der Waals surface area contributed by atoms with Gasteiger partial charge in [-0.3, -0.25) is 0 Å². The molecule has 98 valence electrons. The first-order valence-corrected chi connectivity index (χ1v) is 6.55. The van der Waals surface area contributed by atoms with Crippen molar-refractivity contribution in [2.75, 3.05) is 13.2 Å². The van der Waals surface area contributed by atoms with E-state index in [4.69, 9.17) is 9.47 Å². The molecule has 1 rings (SSSR count). The minimum Gasteiger partial charge on any atom is -0.348 e. The Morgan fingerprint density at radius 3 is 2.53 bits per heavy atom. The highest BCUT2D eigenvalue weighted by Crippen LogP contribution is 2.22. The molecule has 1 aliphatic heterocycles. The van der Waals surface area contributed by atoms with Gasteiger partial charge in [-0.2, -0.15) is 0 Å². The Hall–Kier alpha value is -0.670. The maximum Gasteiger partial charge on any atom is 0.169 e. The van der Waals surface area contributed by atoms with Crippen LogP contribution >= 0.6 is 0 Å². The van der Waals surface area contributed by atoms with Crippen molar-refractivity contribution in [2.24, 2.45) is 0 Å². The summed E-state index contributed by atoms with van der Waals surface area (Å²) in [5, 5.41) is 0.